The molecule has 0 fully saturated rings. The van der Waals surface area contributed by atoms with Crippen molar-refractivity contribution < 1.29 is 5.11 Å². The number of benzene rings is 1. The van der Waals surface area contributed by atoms with E-state index in [0.717, 1.165) is 11.0 Å². The highest BCUT2D eigenvalue weighted by Crippen LogP contribution is 2.19. The number of hydrogen-bond donors (Lipinski definition) is 1. The van der Waals surface area contributed by atoms with Crippen LogP contribution < -0.4 is 0 Å². The Kier molecular flexibility index (Phi) is 5.17. The van der Waals surface area contributed by atoms with Crippen LogP contribution in [0, 0.1) is 5.92 Å². The van der Waals surface area contributed by atoms with E-state index < -0.39 is 5.60 Å². The topological polar surface area (TPSA) is 23.5 Å². The molecule has 0 amide bonds. The Morgan fingerprint density at radius 2 is 2.06 bits per heavy atom. The van der Waals surface area contributed by atoms with Gasteiger partial charge in [-0.1, -0.05) is 41.9 Å². The number of likely N-dealkylation sites (N-methyl/N-ethyl adjacent to an activating group) is 1. The quantitative estimate of drug-likeness (QED) is 0.902. The van der Waals surface area contributed by atoms with Gasteiger partial charge in [0, 0.05) is 17.6 Å². The highest BCUT2D eigenvalue weighted by atomic mass is 79.9. The van der Waals surface area contributed by atoms with Crippen LogP contribution in [0.5, 0.6) is 0 Å². The van der Waals surface area contributed by atoms with E-state index in [1.807, 2.05) is 40.0 Å². The number of halogens is 1. The molecular formula is C14H22BrNO. The SMILES string of the molecule is CC(C)C(C)(O)CN(C)Cc1cccc(Br)c1. The third-order valence-electron chi connectivity index (χ3n) is 3.18. The fraction of sp³-hybridized carbons (Fsp3) is 0.571. The van der Waals surface area contributed by atoms with E-state index in [1.54, 1.807) is 0 Å². The minimum atomic E-state index is -0.638. The van der Waals surface area contributed by atoms with Crippen molar-refractivity contribution in [3.8, 4) is 0 Å². The van der Waals surface area contributed by atoms with Gasteiger partial charge in [0.05, 0.1) is 5.60 Å². The van der Waals surface area contributed by atoms with Crippen LogP contribution in [-0.4, -0.2) is 29.2 Å². The lowest BCUT2D eigenvalue weighted by Gasteiger charge is -2.32. The van der Waals surface area contributed by atoms with Gasteiger partial charge >= 0.3 is 0 Å². The molecule has 1 atom stereocenters. The molecule has 0 bridgehead atoms. The second-order valence-corrected chi connectivity index (χ2v) is 6.23. The van der Waals surface area contributed by atoms with Crippen LogP contribution in [0.25, 0.3) is 0 Å². The van der Waals surface area contributed by atoms with Gasteiger partial charge in [-0.3, -0.25) is 4.90 Å². The molecule has 0 heterocycles. The minimum absolute atomic E-state index is 0.257. The zero-order valence-corrected chi connectivity index (χ0v) is 12.7. The summed E-state index contributed by atoms with van der Waals surface area (Å²) in [7, 11) is 2.04. The maximum Gasteiger partial charge on any atom is 0.0768 e. The molecule has 1 aromatic rings. The smallest absolute Gasteiger partial charge is 0.0768 e. The molecule has 3 heteroatoms. The maximum atomic E-state index is 10.2. The van der Waals surface area contributed by atoms with Crippen molar-refractivity contribution in [2.75, 3.05) is 13.6 Å². The highest BCUT2D eigenvalue weighted by Gasteiger charge is 2.26. The third kappa shape index (κ3) is 4.78. The summed E-state index contributed by atoms with van der Waals surface area (Å²) in [5.74, 6) is 0.257. The third-order valence-corrected chi connectivity index (χ3v) is 3.67. The van der Waals surface area contributed by atoms with Gasteiger partial charge in [-0.05, 0) is 37.6 Å². The molecule has 17 heavy (non-hydrogen) atoms. The van der Waals surface area contributed by atoms with Crippen LogP contribution in [0.1, 0.15) is 26.3 Å². The minimum Gasteiger partial charge on any atom is -0.389 e. The standard InChI is InChI=1S/C14H22BrNO/c1-11(2)14(3,17)10-16(4)9-12-6-5-7-13(15)8-12/h5-8,11,17H,9-10H2,1-4H3. The molecule has 0 saturated carbocycles. The normalized spacial score (nSPS) is 15.3. The van der Waals surface area contributed by atoms with Crippen LogP contribution in [0.2, 0.25) is 0 Å². The summed E-state index contributed by atoms with van der Waals surface area (Å²) in [6.07, 6.45) is 0. The lowest BCUT2D eigenvalue weighted by Crippen LogP contribution is -2.42. The van der Waals surface area contributed by atoms with E-state index in [0.29, 0.717) is 6.54 Å². The Morgan fingerprint density at radius 3 is 2.59 bits per heavy atom. The van der Waals surface area contributed by atoms with Gasteiger partial charge in [-0.25, -0.2) is 0 Å². The molecule has 0 aliphatic rings. The van der Waals surface area contributed by atoms with Crippen LogP contribution in [-0.2, 0) is 6.54 Å². The molecule has 0 radical (unpaired) electrons. The summed E-state index contributed by atoms with van der Waals surface area (Å²) in [6, 6.07) is 8.27. The molecule has 0 aliphatic carbocycles. The van der Waals surface area contributed by atoms with Crippen molar-refractivity contribution in [1.82, 2.24) is 4.90 Å². The molecule has 96 valence electrons. The van der Waals surface area contributed by atoms with Gasteiger partial charge in [0.1, 0.15) is 0 Å². The number of rotatable bonds is 5. The zero-order valence-electron chi connectivity index (χ0n) is 11.1. The first-order valence-electron chi connectivity index (χ1n) is 5.96. The largest absolute Gasteiger partial charge is 0.389 e. The molecule has 1 unspecified atom stereocenters. The van der Waals surface area contributed by atoms with Crippen molar-refractivity contribution in [2.24, 2.45) is 5.92 Å². The molecule has 1 aromatic carbocycles. The first-order chi connectivity index (χ1) is 7.81. The average Bonchev–Trinajstić information content (AvgIpc) is 2.15. The van der Waals surface area contributed by atoms with Crippen LogP contribution in [0.15, 0.2) is 28.7 Å². The van der Waals surface area contributed by atoms with Gasteiger partial charge in [0.2, 0.25) is 0 Å². The highest BCUT2D eigenvalue weighted by molar-refractivity contribution is 9.10. The predicted octanol–water partition coefficient (Wildman–Crippen LogP) is 3.29. The van der Waals surface area contributed by atoms with Crippen molar-refractivity contribution in [3.63, 3.8) is 0 Å². The van der Waals surface area contributed by atoms with Crippen molar-refractivity contribution in [3.05, 3.63) is 34.3 Å². The van der Waals surface area contributed by atoms with Gasteiger partial charge < -0.3 is 5.11 Å². The molecule has 0 aromatic heterocycles. The van der Waals surface area contributed by atoms with Crippen LogP contribution >= 0.6 is 15.9 Å². The lowest BCUT2D eigenvalue weighted by molar-refractivity contribution is -0.0146. The van der Waals surface area contributed by atoms with Crippen molar-refractivity contribution in [1.29, 1.82) is 0 Å². The van der Waals surface area contributed by atoms with Crippen LogP contribution in [0.3, 0.4) is 0 Å². The Labute approximate surface area is 113 Å². The number of aliphatic hydroxyl groups is 1. The Morgan fingerprint density at radius 1 is 1.41 bits per heavy atom. The summed E-state index contributed by atoms with van der Waals surface area (Å²) in [5.41, 5.74) is 0.613. The molecule has 0 saturated heterocycles. The predicted molar refractivity (Wildman–Crippen MR) is 75.9 cm³/mol. The first kappa shape index (κ1) is 14.7. The van der Waals surface area contributed by atoms with Gasteiger partial charge in [0.25, 0.3) is 0 Å². The number of nitrogens with zero attached hydrogens (tertiary/aromatic N) is 1. The number of hydrogen-bond acceptors (Lipinski definition) is 2. The molecular weight excluding hydrogens is 278 g/mol. The van der Waals surface area contributed by atoms with E-state index in [4.69, 9.17) is 0 Å². The fourth-order valence-corrected chi connectivity index (χ4v) is 2.18. The summed E-state index contributed by atoms with van der Waals surface area (Å²) in [5, 5.41) is 10.2. The van der Waals surface area contributed by atoms with Gasteiger partial charge in [0.15, 0.2) is 0 Å². The molecule has 1 rings (SSSR count). The maximum absolute atomic E-state index is 10.2. The second kappa shape index (κ2) is 5.98. The fourth-order valence-electron chi connectivity index (χ4n) is 1.73. The van der Waals surface area contributed by atoms with E-state index in [-0.39, 0.29) is 5.92 Å². The van der Waals surface area contributed by atoms with E-state index in [9.17, 15) is 5.11 Å². The monoisotopic (exact) mass is 299 g/mol. The Balaban J connectivity index is 2.58. The van der Waals surface area contributed by atoms with E-state index in [2.05, 4.69) is 33.0 Å². The zero-order chi connectivity index (χ0) is 13.1. The Hall–Kier alpha value is -0.380. The second-order valence-electron chi connectivity index (χ2n) is 5.31. The molecule has 2 nitrogen and oxygen atoms in total. The van der Waals surface area contributed by atoms with Crippen molar-refractivity contribution in [2.45, 2.75) is 32.9 Å². The summed E-state index contributed by atoms with van der Waals surface area (Å²) >= 11 is 3.47. The average molecular weight is 300 g/mol. The first-order valence-corrected chi connectivity index (χ1v) is 6.76. The van der Waals surface area contributed by atoms with E-state index in [1.165, 1.54) is 5.56 Å². The van der Waals surface area contributed by atoms with Gasteiger partial charge in [-0.2, -0.15) is 0 Å². The summed E-state index contributed by atoms with van der Waals surface area (Å²) < 4.78 is 1.10. The summed E-state index contributed by atoms with van der Waals surface area (Å²) in [6.45, 7) is 7.52. The van der Waals surface area contributed by atoms with Crippen LogP contribution in [0.4, 0.5) is 0 Å². The van der Waals surface area contributed by atoms with Gasteiger partial charge in [-0.15, -0.1) is 0 Å². The summed E-state index contributed by atoms with van der Waals surface area (Å²) in [4.78, 5) is 2.15. The molecule has 1 N–H and O–H groups in total. The van der Waals surface area contributed by atoms with Crippen molar-refractivity contribution >= 4 is 15.9 Å². The van der Waals surface area contributed by atoms with E-state index >= 15 is 0 Å². The Bertz CT molecular complexity index is 363. The molecule has 0 aliphatic heterocycles. The lowest BCUT2D eigenvalue weighted by atomic mass is 9.92. The molecule has 0 spiro atoms.